The van der Waals surface area contributed by atoms with E-state index in [1.54, 1.807) is 48.5 Å². The van der Waals surface area contributed by atoms with Crippen molar-refractivity contribution in [3.63, 3.8) is 0 Å². The standard InChI is InChI=1S/C23H28N2O6S/c1-3-30-20-12-8-7-11-19(20)24-22(26)21(17-9-5-4-6-10-17)31-23(27)18-13-15-25(16-14-18)32(2,28)29/h4-12,18,21H,3,13-16H2,1-2H3,(H,24,26). The molecule has 1 fully saturated rings. The van der Waals surface area contributed by atoms with Gasteiger partial charge >= 0.3 is 5.97 Å². The smallest absolute Gasteiger partial charge is 0.310 e. The van der Waals surface area contributed by atoms with Crippen molar-refractivity contribution < 1.29 is 27.5 Å². The second kappa shape index (κ2) is 10.6. The number of para-hydroxylation sites is 2. The van der Waals surface area contributed by atoms with Crippen LogP contribution in [0.1, 0.15) is 31.4 Å². The molecule has 1 amide bonds. The van der Waals surface area contributed by atoms with Gasteiger partial charge in [0.2, 0.25) is 16.1 Å². The summed E-state index contributed by atoms with van der Waals surface area (Å²) in [6.07, 6.45) is 0.706. The Morgan fingerprint density at radius 2 is 1.69 bits per heavy atom. The van der Waals surface area contributed by atoms with Crippen molar-refractivity contribution in [1.29, 1.82) is 0 Å². The van der Waals surface area contributed by atoms with Gasteiger partial charge in [-0.2, -0.15) is 0 Å². The third-order valence-corrected chi connectivity index (χ3v) is 6.58. The van der Waals surface area contributed by atoms with Crippen LogP contribution in [-0.4, -0.2) is 50.6 Å². The van der Waals surface area contributed by atoms with Crippen LogP contribution >= 0.6 is 0 Å². The molecule has 2 aromatic carbocycles. The molecule has 1 atom stereocenters. The fourth-order valence-electron chi connectivity index (χ4n) is 3.59. The van der Waals surface area contributed by atoms with Crippen LogP contribution in [0, 0.1) is 5.92 Å². The summed E-state index contributed by atoms with van der Waals surface area (Å²) in [5.41, 5.74) is 1.03. The van der Waals surface area contributed by atoms with E-state index in [1.165, 1.54) is 4.31 Å². The summed E-state index contributed by atoms with van der Waals surface area (Å²) < 4.78 is 36.0. The molecule has 0 aromatic heterocycles. The largest absolute Gasteiger partial charge is 0.492 e. The highest BCUT2D eigenvalue weighted by Gasteiger charge is 2.33. The highest BCUT2D eigenvalue weighted by molar-refractivity contribution is 7.88. The van der Waals surface area contributed by atoms with Crippen LogP contribution in [0.15, 0.2) is 54.6 Å². The molecule has 8 nitrogen and oxygen atoms in total. The number of carbonyl (C=O) groups is 2. The average Bonchev–Trinajstić information content (AvgIpc) is 2.79. The molecule has 0 aliphatic carbocycles. The van der Waals surface area contributed by atoms with Crippen LogP contribution < -0.4 is 10.1 Å². The number of amides is 1. The number of nitrogens with zero attached hydrogens (tertiary/aromatic N) is 1. The molecule has 1 saturated heterocycles. The van der Waals surface area contributed by atoms with Gasteiger partial charge in [-0.1, -0.05) is 42.5 Å². The fourth-order valence-corrected chi connectivity index (χ4v) is 4.46. The molecule has 9 heteroatoms. The van der Waals surface area contributed by atoms with Gasteiger partial charge in [-0.05, 0) is 31.9 Å². The Bertz CT molecular complexity index is 1030. The highest BCUT2D eigenvalue weighted by atomic mass is 32.2. The molecule has 0 saturated carbocycles. The third-order valence-electron chi connectivity index (χ3n) is 5.28. The molecular weight excluding hydrogens is 432 g/mol. The lowest BCUT2D eigenvalue weighted by atomic mass is 9.98. The van der Waals surface area contributed by atoms with Crippen LogP contribution in [-0.2, 0) is 24.3 Å². The van der Waals surface area contributed by atoms with E-state index in [-0.39, 0.29) is 13.1 Å². The summed E-state index contributed by atoms with van der Waals surface area (Å²) in [7, 11) is -3.29. The number of sulfonamides is 1. The molecule has 1 aliphatic heterocycles. The van der Waals surface area contributed by atoms with Crippen molar-refractivity contribution in [2.45, 2.75) is 25.9 Å². The fraction of sp³-hybridized carbons (Fsp3) is 0.391. The van der Waals surface area contributed by atoms with Gasteiger partial charge in [0.25, 0.3) is 5.91 Å². The molecule has 3 rings (SSSR count). The SMILES string of the molecule is CCOc1ccccc1NC(=O)C(OC(=O)C1CCN(S(C)(=O)=O)CC1)c1ccccc1. The molecule has 1 N–H and O–H groups in total. The average molecular weight is 461 g/mol. The quantitative estimate of drug-likeness (QED) is 0.608. The second-order valence-corrected chi connectivity index (χ2v) is 9.56. The minimum Gasteiger partial charge on any atom is -0.492 e. The zero-order valence-electron chi connectivity index (χ0n) is 18.2. The Balaban J connectivity index is 1.74. The number of esters is 1. The zero-order chi connectivity index (χ0) is 23.1. The lowest BCUT2D eigenvalue weighted by Crippen LogP contribution is -2.40. The van der Waals surface area contributed by atoms with E-state index in [2.05, 4.69) is 5.32 Å². The molecule has 1 unspecified atom stereocenters. The summed E-state index contributed by atoms with van der Waals surface area (Å²) in [6, 6.07) is 15.8. The van der Waals surface area contributed by atoms with Gasteiger partial charge in [0, 0.05) is 18.7 Å². The Morgan fingerprint density at radius 1 is 1.06 bits per heavy atom. The predicted octanol–water partition coefficient (Wildman–Crippen LogP) is 2.98. The Hall–Kier alpha value is -2.91. The van der Waals surface area contributed by atoms with Crippen molar-refractivity contribution >= 4 is 27.6 Å². The summed E-state index contributed by atoms with van der Waals surface area (Å²) >= 11 is 0. The van der Waals surface area contributed by atoms with Crippen LogP contribution in [0.2, 0.25) is 0 Å². The maximum absolute atomic E-state index is 13.1. The van der Waals surface area contributed by atoms with Crippen molar-refractivity contribution in [1.82, 2.24) is 4.31 Å². The second-order valence-electron chi connectivity index (χ2n) is 7.58. The first-order chi connectivity index (χ1) is 15.3. The number of rotatable bonds is 8. The van der Waals surface area contributed by atoms with Crippen molar-refractivity contribution in [2.75, 3.05) is 31.3 Å². The Labute approximate surface area is 188 Å². The van der Waals surface area contributed by atoms with Crippen LogP contribution in [0.3, 0.4) is 0 Å². The number of benzene rings is 2. The Kier molecular flexibility index (Phi) is 7.87. The summed E-state index contributed by atoms with van der Waals surface area (Å²) in [4.78, 5) is 26.0. The van der Waals surface area contributed by atoms with Gasteiger partial charge in [0.15, 0.2) is 0 Å². The van der Waals surface area contributed by atoms with E-state index in [0.29, 0.717) is 36.4 Å². The van der Waals surface area contributed by atoms with E-state index in [4.69, 9.17) is 9.47 Å². The number of ether oxygens (including phenoxy) is 2. The molecule has 32 heavy (non-hydrogen) atoms. The summed E-state index contributed by atoms with van der Waals surface area (Å²) in [5, 5.41) is 2.80. The zero-order valence-corrected chi connectivity index (χ0v) is 19.0. The van der Waals surface area contributed by atoms with Gasteiger partial charge in [-0.15, -0.1) is 0 Å². The first-order valence-electron chi connectivity index (χ1n) is 10.5. The third kappa shape index (κ3) is 6.08. The molecule has 1 aliphatic rings. The number of piperidine rings is 1. The molecule has 0 spiro atoms. The number of nitrogens with one attached hydrogen (secondary N) is 1. The molecule has 0 bridgehead atoms. The van der Waals surface area contributed by atoms with Gasteiger partial charge in [-0.25, -0.2) is 12.7 Å². The van der Waals surface area contributed by atoms with Gasteiger partial charge in [0.05, 0.1) is 24.5 Å². The number of carbonyl (C=O) groups excluding carboxylic acids is 2. The van der Waals surface area contributed by atoms with Crippen molar-refractivity contribution in [2.24, 2.45) is 5.92 Å². The summed E-state index contributed by atoms with van der Waals surface area (Å²) in [5.74, 6) is -0.956. The van der Waals surface area contributed by atoms with Crippen LogP contribution in [0.4, 0.5) is 5.69 Å². The normalized spacial score (nSPS) is 16.2. The van der Waals surface area contributed by atoms with Crippen LogP contribution in [0.25, 0.3) is 0 Å². The van der Waals surface area contributed by atoms with Crippen molar-refractivity contribution in [3.8, 4) is 5.75 Å². The maximum Gasteiger partial charge on any atom is 0.310 e. The van der Waals surface area contributed by atoms with E-state index in [1.807, 2.05) is 13.0 Å². The molecule has 172 valence electrons. The number of hydrogen-bond donors (Lipinski definition) is 1. The topological polar surface area (TPSA) is 102 Å². The molecule has 2 aromatic rings. The van der Waals surface area contributed by atoms with Gasteiger partial charge < -0.3 is 14.8 Å². The minimum atomic E-state index is -3.29. The van der Waals surface area contributed by atoms with E-state index in [0.717, 1.165) is 6.26 Å². The molecular formula is C23H28N2O6S. The summed E-state index contributed by atoms with van der Waals surface area (Å²) in [6.45, 7) is 2.80. The van der Waals surface area contributed by atoms with Crippen LogP contribution in [0.5, 0.6) is 5.75 Å². The molecule has 0 radical (unpaired) electrons. The van der Waals surface area contributed by atoms with E-state index in [9.17, 15) is 18.0 Å². The number of anilines is 1. The van der Waals surface area contributed by atoms with E-state index < -0.39 is 33.9 Å². The van der Waals surface area contributed by atoms with Crippen molar-refractivity contribution in [3.05, 3.63) is 60.2 Å². The lowest BCUT2D eigenvalue weighted by molar-refractivity contribution is -0.160. The first kappa shape index (κ1) is 23.7. The first-order valence-corrected chi connectivity index (χ1v) is 12.4. The highest BCUT2D eigenvalue weighted by Crippen LogP contribution is 2.28. The minimum absolute atomic E-state index is 0.253. The van der Waals surface area contributed by atoms with E-state index >= 15 is 0 Å². The van der Waals surface area contributed by atoms with Gasteiger partial charge in [-0.3, -0.25) is 9.59 Å². The maximum atomic E-state index is 13.1. The predicted molar refractivity (Wildman–Crippen MR) is 121 cm³/mol. The van der Waals surface area contributed by atoms with Gasteiger partial charge in [0.1, 0.15) is 5.75 Å². The number of hydrogen-bond acceptors (Lipinski definition) is 6. The monoisotopic (exact) mass is 460 g/mol. The molecule has 1 heterocycles. The lowest BCUT2D eigenvalue weighted by Gasteiger charge is -2.30. The Morgan fingerprint density at radius 3 is 2.31 bits per heavy atom.